The molecule has 0 aliphatic rings. The van der Waals surface area contributed by atoms with Gasteiger partial charge in [0.1, 0.15) is 0 Å². The van der Waals surface area contributed by atoms with Gasteiger partial charge in [0, 0.05) is 18.6 Å². The molecule has 0 aliphatic heterocycles. The Morgan fingerprint density at radius 2 is 2.07 bits per heavy atom. The number of nitriles is 1. The van der Waals surface area contributed by atoms with Gasteiger partial charge in [-0.2, -0.15) is 5.26 Å². The first kappa shape index (κ1) is 11.0. The van der Waals surface area contributed by atoms with E-state index in [4.69, 9.17) is 33.9 Å². The maximum absolute atomic E-state index is 8.37. The molecule has 0 unspecified atom stereocenters. The number of halogens is 2. The molecule has 0 aromatic heterocycles. The Morgan fingerprint density at radius 1 is 1.36 bits per heavy atom. The van der Waals surface area contributed by atoms with Crippen LogP contribution in [-0.2, 0) is 0 Å². The van der Waals surface area contributed by atoms with E-state index < -0.39 is 0 Å². The van der Waals surface area contributed by atoms with Crippen LogP contribution in [0.5, 0.6) is 0 Å². The van der Waals surface area contributed by atoms with Crippen LogP contribution in [0.15, 0.2) is 18.2 Å². The molecular formula is C10H8Cl2N2. The van der Waals surface area contributed by atoms with E-state index in [2.05, 4.69) is 0 Å². The van der Waals surface area contributed by atoms with Gasteiger partial charge in [0.25, 0.3) is 0 Å². The summed E-state index contributed by atoms with van der Waals surface area (Å²) in [6.45, 7) is 0. The molecule has 0 amide bonds. The third-order valence-electron chi connectivity index (χ3n) is 1.75. The quantitative estimate of drug-likeness (QED) is 0.786. The summed E-state index contributed by atoms with van der Waals surface area (Å²) in [6, 6.07) is 7.02. The highest BCUT2D eigenvalue weighted by Crippen LogP contribution is 2.23. The molecule has 0 bridgehead atoms. The maximum atomic E-state index is 8.37. The molecule has 0 spiro atoms. The molecular weight excluding hydrogens is 219 g/mol. The van der Waals surface area contributed by atoms with Crippen LogP contribution in [0.4, 0.5) is 0 Å². The Hall–Kier alpha value is -1.04. The highest BCUT2D eigenvalue weighted by Gasteiger charge is 2.04. The van der Waals surface area contributed by atoms with Gasteiger partial charge in [-0.1, -0.05) is 29.3 Å². The van der Waals surface area contributed by atoms with E-state index in [-0.39, 0.29) is 0 Å². The van der Waals surface area contributed by atoms with Gasteiger partial charge in [-0.25, -0.2) is 0 Å². The Bertz CT molecular complexity index is 394. The Balaban J connectivity index is 2.82. The molecule has 14 heavy (non-hydrogen) atoms. The van der Waals surface area contributed by atoms with Gasteiger partial charge in [0.2, 0.25) is 0 Å². The number of hydrogen-bond donors (Lipinski definition) is 1. The number of hydrogen-bond acceptors (Lipinski definition) is 2. The zero-order chi connectivity index (χ0) is 10.6. The summed E-state index contributed by atoms with van der Waals surface area (Å²) in [5.74, 6) is 0. The molecule has 1 rings (SSSR count). The van der Waals surface area contributed by atoms with Gasteiger partial charge in [-0.3, -0.25) is 0 Å². The van der Waals surface area contributed by atoms with Crippen LogP contribution in [-0.4, -0.2) is 5.71 Å². The lowest BCUT2D eigenvalue weighted by Crippen LogP contribution is -1.98. The first-order valence-corrected chi connectivity index (χ1v) is 4.80. The van der Waals surface area contributed by atoms with E-state index >= 15 is 0 Å². The van der Waals surface area contributed by atoms with Gasteiger partial charge in [-0.05, 0) is 17.7 Å². The highest BCUT2D eigenvalue weighted by atomic mass is 35.5. The van der Waals surface area contributed by atoms with Crippen molar-refractivity contribution in [3.63, 3.8) is 0 Å². The lowest BCUT2D eigenvalue weighted by atomic mass is 10.1. The second-order valence-electron chi connectivity index (χ2n) is 2.77. The largest absolute Gasteiger partial charge is 0.305 e. The van der Waals surface area contributed by atoms with E-state index in [1.807, 2.05) is 6.07 Å². The monoisotopic (exact) mass is 226 g/mol. The van der Waals surface area contributed by atoms with Crippen molar-refractivity contribution in [2.45, 2.75) is 12.8 Å². The topological polar surface area (TPSA) is 47.6 Å². The average Bonchev–Trinajstić information content (AvgIpc) is 2.18. The minimum absolute atomic E-state index is 0.346. The zero-order valence-electron chi connectivity index (χ0n) is 7.35. The smallest absolute Gasteiger partial charge is 0.0625 e. The summed E-state index contributed by atoms with van der Waals surface area (Å²) in [5.41, 5.74) is 1.12. The minimum Gasteiger partial charge on any atom is -0.305 e. The second-order valence-corrected chi connectivity index (χ2v) is 3.58. The van der Waals surface area contributed by atoms with E-state index in [1.165, 1.54) is 0 Å². The van der Waals surface area contributed by atoms with Crippen molar-refractivity contribution < 1.29 is 0 Å². The third-order valence-corrected chi connectivity index (χ3v) is 2.49. The molecule has 0 fully saturated rings. The van der Waals surface area contributed by atoms with E-state index in [0.29, 0.717) is 28.6 Å². The van der Waals surface area contributed by atoms with Crippen molar-refractivity contribution in [2.24, 2.45) is 0 Å². The van der Waals surface area contributed by atoms with Crippen LogP contribution in [0.1, 0.15) is 18.4 Å². The summed E-state index contributed by atoms with van der Waals surface area (Å²) >= 11 is 11.5. The van der Waals surface area contributed by atoms with Crippen LogP contribution in [0.2, 0.25) is 10.0 Å². The lowest BCUT2D eigenvalue weighted by molar-refractivity contribution is 1.09. The van der Waals surface area contributed by atoms with Crippen LogP contribution in [0.3, 0.4) is 0 Å². The summed E-state index contributed by atoms with van der Waals surface area (Å²) in [6.07, 6.45) is 0.785. The summed E-state index contributed by atoms with van der Waals surface area (Å²) in [5, 5.41) is 16.9. The molecule has 1 aromatic rings. The molecule has 1 N–H and O–H groups in total. The number of nitrogens with one attached hydrogen (secondary N) is 1. The zero-order valence-corrected chi connectivity index (χ0v) is 8.86. The fourth-order valence-electron chi connectivity index (χ4n) is 1.01. The van der Waals surface area contributed by atoms with Crippen molar-refractivity contribution >= 4 is 28.9 Å². The van der Waals surface area contributed by atoms with Crippen molar-refractivity contribution in [3.05, 3.63) is 33.8 Å². The van der Waals surface area contributed by atoms with Gasteiger partial charge in [0.05, 0.1) is 16.1 Å². The molecule has 0 heterocycles. The van der Waals surface area contributed by atoms with Crippen molar-refractivity contribution in [1.82, 2.24) is 0 Å². The average molecular weight is 227 g/mol. The van der Waals surface area contributed by atoms with Crippen molar-refractivity contribution in [1.29, 1.82) is 10.7 Å². The predicted molar refractivity (Wildman–Crippen MR) is 58.1 cm³/mol. The number of nitrogens with zero attached hydrogens (tertiary/aromatic N) is 1. The minimum atomic E-state index is 0.346. The van der Waals surface area contributed by atoms with Gasteiger partial charge >= 0.3 is 0 Å². The molecule has 0 saturated carbocycles. The maximum Gasteiger partial charge on any atom is 0.0625 e. The number of benzene rings is 1. The van der Waals surface area contributed by atoms with Crippen molar-refractivity contribution in [3.8, 4) is 6.07 Å². The van der Waals surface area contributed by atoms with Crippen LogP contribution < -0.4 is 0 Å². The van der Waals surface area contributed by atoms with E-state index in [0.717, 1.165) is 5.56 Å². The second kappa shape index (κ2) is 4.99. The predicted octanol–water partition coefficient (Wildman–Crippen LogP) is 3.67. The van der Waals surface area contributed by atoms with Crippen LogP contribution in [0.25, 0.3) is 0 Å². The van der Waals surface area contributed by atoms with Gasteiger partial charge in [0.15, 0.2) is 0 Å². The van der Waals surface area contributed by atoms with E-state index in [9.17, 15) is 0 Å². The summed E-state index contributed by atoms with van der Waals surface area (Å²) in [4.78, 5) is 0. The fraction of sp³-hybridized carbons (Fsp3) is 0.200. The van der Waals surface area contributed by atoms with Crippen LogP contribution >= 0.6 is 23.2 Å². The Kier molecular flexibility index (Phi) is 3.94. The van der Waals surface area contributed by atoms with E-state index in [1.54, 1.807) is 18.2 Å². The molecule has 0 saturated heterocycles. The summed E-state index contributed by atoms with van der Waals surface area (Å²) in [7, 11) is 0. The molecule has 4 heteroatoms. The standard InChI is InChI=1S/C10H8Cl2N2/c11-8-4-3-7(6-9(8)12)10(14)2-1-5-13/h3-4,6,14H,1-2H2. The Morgan fingerprint density at radius 3 is 2.64 bits per heavy atom. The van der Waals surface area contributed by atoms with Crippen LogP contribution in [0, 0.1) is 16.7 Å². The molecule has 2 nitrogen and oxygen atoms in total. The molecule has 1 aromatic carbocycles. The molecule has 0 aliphatic carbocycles. The Labute approximate surface area is 92.6 Å². The van der Waals surface area contributed by atoms with Crippen molar-refractivity contribution in [2.75, 3.05) is 0 Å². The normalized spacial score (nSPS) is 9.50. The number of rotatable bonds is 3. The van der Waals surface area contributed by atoms with Gasteiger partial charge in [-0.15, -0.1) is 0 Å². The highest BCUT2D eigenvalue weighted by molar-refractivity contribution is 6.42. The molecule has 0 atom stereocenters. The third kappa shape index (κ3) is 2.73. The fourth-order valence-corrected chi connectivity index (χ4v) is 1.31. The lowest BCUT2D eigenvalue weighted by Gasteiger charge is -2.02. The molecule has 72 valence electrons. The molecule has 0 radical (unpaired) electrons. The first-order valence-electron chi connectivity index (χ1n) is 4.05. The first-order chi connectivity index (χ1) is 6.65. The summed E-state index contributed by atoms with van der Waals surface area (Å²) < 4.78 is 0. The SMILES string of the molecule is N#CCCC(=N)c1ccc(Cl)c(Cl)c1. The van der Waals surface area contributed by atoms with Gasteiger partial charge < -0.3 is 5.41 Å².